The number of carbonyl (C=O) groups excluding carboxylic acids is 1. The van der Waals surface area contributed by atoms with Crippen molar-refractivity contribution in [3.63, 3.8) is 0 Å². The average Bonchev–Trinajstić information content (AvgIpc) is 3.44. The van der Waals surface area contributed by atoms with Crippen LogP contribution in [-0.2, 0) is 11.2 Å². The molecule has 204 valence electrons. The number of benzene rings is 3. The van der Waals surface area contributed by atoms with Gasteiger partial charge >= 0.3 is 5.97 Å². The first-order chi connectivity index (χ1) is 19.5. The lowest BCUT2D eigenvalue weighted by Gasteiger charge is -2.37. The summed E-state index contributed by atoms with van der Waals surface area (Å²) >= 11 is 1.36. The number of hydrogen-bond donors (Lipinski definition) is 1. The maximum absolute atomic E-state index is 13.6. The van der Waals surface area contributed by atoms with Crippen molar-refractivity contribution in [2.75, 3.05) is 13.1 Å². The van der Waals surface area contributed by atoms with E-state index in [-0.39, 0.29) is 5.91 Å². The zero-order chi connectivity index (χ0) is 27.6. The first-order valence-corrected chi connectivity index (χ1v) is 15.2. The van der Waals surface area contributed by atoms with Gasteiger partial charge in [0.25, 0.3) is 0 Å². The lowest BCUT2D eigenvalue weighted by Crippen LogP contribution is -2.39. The molecule has 2 aliphatic rings. The summed E-state index contributed by atoms with van der Waals surface area (Å²) in [5.74, 6) is 0.380. The minimum atomic E-state index is -0.874. The molecule has 2 heterocycles. The third-order valence-corrected chi connectivity index (χ3v) is 9.89. The average molecular weight is 550 g/mol. The van der Waals surface area contributed by atoms with Gasteiger partial charge in [-0.15, -0.1) is 11.3 Å². The molecule has 0 saturated heterocycles. The molecule has 1 aliphatic heterocycles. The van der Waals surface area contributed by atoms with E-state index in [1.807, 2.05) is 47.4 Å². The molecule has 1 aliphatic carbocycles. The Kier molecular flexibility index (Phi) is 7.57. The van der Waals surface area contributed by atoms with Gasteiger partial charge in [0.05, 0.1) is 6.42 Å². The molecule has 1 N–H and O–H groups in total. The SMILES string of the molecule is CC1CCC(C2=C(c3cc(-c4ccccc4)sc3C(=O)O)CCN(C(=O)Cc3ccc4ccccc4c3)C2)CC1. The van der Waals surface area contributed by atoms with E-state index < -0.39 is 5.97 Å². The summed E-state index contributed by atoms with van der Waals surface area (Å²) in [5, 5.41) is 12.5. The molecule has 3 aromatic carbocycles. The molecule has 40 heavy (non-hydrogen) atoms. The Balaban J connectivity index is 1.33. The number of thiophene rings is 1. The van der Waals surface area contributed by atoms with E-state index in [2.05, 4.69) is 43.3 Å². The maximum atomic E-state index is 13.6. The maximum Gasteiger partial charge on any atom is 0.346 e. The Morgan fingerprint density at radius 2 is 1.62 bits per heavy atom. The van der Waals surface area contributed by atoms with Crippen LogP contribution in [-0.4, -0.2) is 35.0 Å². The number of rotatable bonds is 6. The quantitative estimate of drug-likeness (QED) is 0.263. The summed E-state index contributed by atoms with van der Waals surface area (Å²) < 4.78 is 0. The highest BCUT2D eigenvalue weighted by Gasteiger charge is 2.32. The van der Waals surface area contributed by atoms with Gasteiger partial charge in [0.2, 0.25) is 5.91 Å². The fraction of sp³-hybridized carbons (Fsp3) is 0.314. The van der Waals surface area contributed by atoms with Crippen molar-refractivity contribution >= 4 is 39.6 Å². The van der Waals surface area contributed by atoms with Gasteiger partial charge in [-0.2, -0.15) is 0 Å². The van der Waals surface area contributed by atoms with Crippen LogP contribution in [0.2, 0.25) is 0 Å². The van der Waals surface area contributed by atoms with Gasteiger partial charge in [-0.05, 0) is 70.2 Å². The number of carboxylic acid groups (broad SMARTS) is 1. The smallest absolute Gasteiger partial charge is 0.346 e. The summed E-state index contributed by atoms with van der Waals surface area (Å²) in [4.78, 5) is 29.4. The number of carboxylic acids is 1. The Labute approximate surface area is 240 Å². The third kappa shape index (κ3) is 5.48. The predicted octanol–water partition coefficient (Wildman–Crippen LogP) is 8.32. The fourth-order valence-electron chi connectivity index (χ4n) is 6.45. The van der Waals surface area contributed by atoms with Crippen molar-refractivity contribution in [1.82, 2.24) is 4.90 Å². The van der Waals surface area contributed by atoms with Crippen LogP contribution in [0.4, 0.5) is 0 Å². The predicted molar refractivity (Wildman–Crippen MR) is 164 cm³/mol. The Hall–Kier alpha value is -3.70. The summed E-state index contributed by atoms with van der Waals surface area (Å²) in [6, 6.07) is 26.6. The molecule has 5 heteroatoms. The van der Waals surface area contributed by atoms with Crippen molar-refractivity contribution in [2.45, 2.75) is 45.4 Å². The normalized spacial score (nSPS) is 19.7. The molecule has 0 atom stereocenters. The van der Waals surface area contributed by atoms with Gasteiger partial charge in [0.1, 0.15) is 4.88 Å². The highest BCUT2D eigenvalue weighted by molar-refractivity contribution is 7.17. The summed E-state index contributed by atoms with van der Waals surface area (Å²) in [6.07, 6.45) is 5.63. The number of aromatic carboxylic acids is 1. The van der Waals surface area contributed by atoms with Crippen LogP contribution in [0.3, 0.4) is 0 Å². The van der Waals surface area contributed by atoms with Gasteiger partial charge in [0, 0.05) is 23.5 Å². The van der Waals surface area contributed by atoms with E-state index in [0.29, 0.717) is 36.7 Å². The topological polar surface area (TPSA) is 57.6 Å². The number of carbonyl (C=O) groups is 2. The van der Waals surface area contributed by atoms with E-state index in [0.717, 1.165) is 51.3 Å². The van der Waals surface area contributed by atoms with E-state index in [1.54, 1.807) is 0 Å². The first kappa shape index (κ1) is 26.5. The number of fused-ring (bicyclic) bond motifs is 1. The zero-order valence-electron chi connectivity index (χ0n) is 22.9. The highest BCUT2D eigenvalue weighted by atomic mass is 32.1. The standard InChI is InChI=1S/C35H35NO3S/c1-23-11-14-26(15-12-23)31-22-36(33(37)20-24-13-16-25-7-5-6-10-28(25)19-24)18-17-29(31)30-21-32(40-34(30)35(38)39)27-8-3-2-4-9-27/h2-10,13,16,19,21,23,26H,11-12,14-15,17-18,20,22H2,1H3,(H,38,39). The van der Waals surface area contributed by atoms with Crippen LogP contribution in [0, 0.1) is 11.8 Å². The molecule has 0 spiro atoms. The lowest BCUT2D eigenvalue weighted by molar-refractivity contribution is -0.130. The summed E-state index contributed by atoms with van der Waals surface area (Å²) in [6.45, 7) is 3.53. The Morgan fingerprint density at radius 1 is 0.900 bits per heavy atom. The molecule has 0 unspecified atom stereocenters. The van der Waals surface area contributed by atoms with Crippen molar-refractivity contribution in [1.29, 1.82) is 0 Å². The third-order valence-electron chi connectivity index (χ3n) is 8.72. The molecule has 1 saturated carbocycles. The first-order valence-electron chi connectivity index (χ1n) is 14.4. The number of nitrogens with zero attached hydrogens (tertiary/aromatic N) is 1. The molecule has 1 fully saturated rings. The molecule has 0 radical (unpaired) electrons. The molecular formula is C35H35NO3S. The highest BCUT2D eigenvalue weighted by Crippen LogP contribution is 2.43. The lowest BCUT2D eigenvalue weighted by atomic mass is 9.75. The largest absolute Gasteiger partial charge is 0.477 e. The van der Waals surface area contributed by atoms with E-state index in [1.165, 1.54) is 35.1 Å². The van der Waals surface area contributed by atoms with Gasteiger partial charge in [-0.25, -0.2) is 4.79 Å². The monoisotopic (exact) mass is 549 g/mol. The van der Waals surface area contributed by atoms with E-state index >= 15 is 0 Å². The van der Waals surface area contributed by atoms with Crippen LogP contribution in [0.15, 0.2) is 84.4 Å². The number of amides is 1. The molecule has 1 amide bonds. The molecule has 0 bridgehead atoms. The summed E-state index contributed by atoms with van der Waals surface area (Å²) in [5.41, 5.74) is 5.37. The Morgan fingerprint density at radius 3 is 2.38 bits per heavy atom. The van der Waals surface area contributed by atoms with E-state index in [9.17, 15) is 14.7 Å². The van der Waals surface area contributed by atoms with Crippen molar-refractivity contribution in [2.24, 2.45) is 11.8 Å². The van der Waals surface area contributed by atoms with Gasteiger partial charge in [-0.1, -0.05) is 92.6 Å². The molecule has 4 nitrogen and oxygen atoms in total. The van der Waals surface area contributed by atoms with Gasteiger partial charge < -0.3 is 10.0 Å². The van der Waals surface area contributed by atoms with Gasteiger partial charge in [-0.3, -0.25) is 4.79 Å². The van der Waals surface area contributed by atoms with E-state index in [4.69, 9.17) is 0 Å². The second-order valence-corrected chi connectivity index (χ2v) is 12.5. The van der Waals surface area contributed by atoms with Crippen molar-refractivity contribution in [3.8, 4) is 10.4 Å². The second kappa shape index (κ2) is 11.4. The molecule has 4 aromatic rings. The van der Waals surface area contributed by atoms with Crippen LogP contribution < -0.4 is 0 Å². The van der Waals surface area contributed by atoms with Crippen LogP contribution in [0.25, 0.3) is 26.8 Å². The van der Waals surface area contributed by atoms with Crippen molar-refractivity contribution < 1.29 is 14.7 Å². The minimum Gasteiger partial charge on any atom is -0.477 e. The second-order valence-electron chi connectivity index (χ2n) is 11.4. The van der Waals surface area contributed by atoms with Crippen molar-refractivity contribution in [3.05, 3.63) is 100 Å². The summed E-state index contributed by atoms with van der Waals surface area (Å²) in [7, 11) is 0. The minimum absolute atomic E-state index is 0.143. The number of hydrogen-bond acceptors (Lipinski definition) is 3. The molecule has 1 aromatic heterocycles. The van der Waals surface area contributed by atoms with Crippen LogP contribution >= 0.6 is 11.3 Å². The Bertz CT molecular complexity index is 1580. The zero-order valence-corrected chi connectivity index (χ0v) is 23.8. The molecular weight excluding hydrogens is 514 g/mol. The van der Waals surface area contributed by atoms with Crippen LogP contribution in [0.5, 0.6) is 0 Å². The fourth-order valence-corrected chi connectivity index (χ4v) is 7.48. The van der Waals surface area contributed by atoms with Gasteiger partial charge in [0.15, 0.2) is 0 Å². The molecule has 6 rings (SSSR count). The van der Waals surface area contributed by atoms with Crippen LogP contribution in [0.1, 0.15) is 59.8 Å².